The molecule has 1 amide bonds. The van der Waals surface area contributed by atoms with E-state index in [0.717, 1.165) is 37.0 Å². The van der Waals surface area contributed by atoms with Crippen LogP contribution in [-0.4, -0.2) is 31.4 Å². The van der Waals surface area contributed by atoms with Gasteiger partial charge in [0.2, 0.25) is 0 Å². The highest BCUT2D eigenvalue weighted by Gasteiger charge is 2.26. The molecule has 0 spiro atoms. The summed E-state index contributed by atoms with van der Waals surface area (Å²) in [5.74, 6) is -0.162. The van der Waals surface area contributed by atoms with E-state index in [1.54, 1.807) is 12.1 Å². The summed E-state index contributed by atoms with van der Waals surface area (Å²) in [6, 6.07) is 12.9. The molecule has 2 aromatic rings. The summed E-state index contributed by atoms with van der Waals surface area (Å²) in [6.45, 7) is 4.12. The third-order valence-corrected chi connectivity index (χ3v) is 4.38. The van der Waals surface area contributed by atoms with Crippen LogP contribution in [-0.2, 0) is 4.74 Å². The van der Waals surface area contributed by atoms with Crippen molar-refractivity contribution in [2.45, 2.75) is 26.2 Å². The Bertz CT molecular complexity index is 782. The highest BCUT2D eigenvalue weighted by molar-refractivity contribution is 6.22. The van der Waals surface area contributed by atoms with Crippen molar-refractivity contribution in [2.75, 3.05) is 19.8 Å². The first-order valence-corrected chi connectivity index (χ1v) is 8.86. The number of ketones is 1. The first-order chi connectivity index (χ1) is 12.2. The van der Waals surface area contributed by atoms with Gasteiger partial charge in [-0.05, 0) is 36.1 Å². The highest BCUT2D eigenvalue weighted by Crippen LogP contribution is 2.36. The van der Waals surface area contributed by atoms with Gasteiger partial charge in [0.25, 0.3) is 5.91 Å². The third-order valence-electron chi connectivity index (χ3n) is 4.38. The van der Waals surface area contributed by atoms with Crippen molar-refractivity contribution in [1.29, 1.82) is 0 Å². The Morgan fingerprint density at radius 1 is 0.960 bits per heavy atom. The Hall–Kier alpha value is -2.46. The van der Waals surface area contributed by atoms with Crippen molar-refractivity contribution in [3.05, 3.63) is 59.2 Å². The number of carbonyl (C=O) groups excluding carboxylic acids is 2. The second-order valence-corrected chi connectivity index (χ2v) is 6.21. The molecule has 0 heterocycles. The van der Waals surface area contributed by atoms with Crippen molar-refractivity contribution in [3.8, 4) is 11.1 Å². The first-order valence-electron chi connectivity index (χ1n) is 8.86. The smallest absolute Gasteiger partial charge is 0.251 e. The van der Waals surface area contributed by atoms with E-state index in [1.165, 1.54) is 0 Å². The molecule has 0 radical (unpaired) electrons. The number of benzene rings is 2. The van der Waals surface area contributed by atoms with Gasteiger partial charge in [0.15, 0.2) is 5.78 Å². The summed E-state index contributed by atoms with van der Waals surface area (Å²) in [5.41, 5.74) is 3.68. The van der Waals surface area contributed by atoms with E-state index in [4.69, 9.17) is 4.74 Å². The Morgan fingerprint density at radius 3 is 2.48 bits per heavy atom. The minimum absolute atomic E-state index is 0.00965. The van der Waals surface area contributed by atoms with Crippen molar-refractivity contribution in [3.63, 3.8) is 0 Å². The molecule has 0 atom stereocenters. The number of amides is 1. The van der Waals surface area contributed by atoms with Crippen LogP contribution < -0.4 is 5.32 Å². The van der Waals surface area contributed by atoms with Gasteiger partial charge < -0.3 is 10.1 Å². The molecule has 0 aliphatic heterocycles. The van der Waals surface area contributed by atoms with Crippen molar-refractivity contribution >= 4 is 11.7 Å². The first kappa shape index (κ1) is 17.4. The van der Waals surface area contributed by atoms with Gasteiger partial charge in [0.05, 0.1) is 0 Å². The average Bonchev–Trinajstić information content (AvgIpc) is 2.93. The lowest BCUT2D eigenvalue weighted by Crippen LogP contribution is -2.25. The van der Waals surface area contributed by atoms with Gasteiger partial charge in [-0.2, -0.15) is 0 Å². The van der Waals surface area contributed by atoms with E-state index in [2.05, 4.69) is 12.2 Å². The molecule has 0 saturated heterocycles. The number of carbonyl (C=O) groups is 2. The zero-order chi connectivity index (χ0) is 17.6. The summed E-state index contributed by atoms with van der Waals surface area (Å²) in [4.78, 5) is 24.8. The molecule has 25 heavy (non-hydrogen) atoms. The van der Waals surface area contributed by atoms with Gasteiger partial charge in [-0.25, -0.2) is 0 Å². The van der Waals surface area contributed by atoms with Crippen LogP contribution in [0.2, 0.25) is 0 Å². The topological polar surface area (TPSA) is 55.4 Å². The SMILES string of the molecule is CCCCOCCCNC(=O)c1ccc2c(c1)C(=O)c1ccccc1-2. The molecule has 2 aromatic carbocycles. The van der Waals surface area contributed by atoms with Crippen LogP contribution in [0.3, 0.4) is 0 Å². The minimum atomic E-state index is -0.153. The zero-order valence-electron chi connectivity index (χ0n) is 14.5. The van der Waals surface area contributed by atoms with Crippen molar-refractivity contribution in [1.82, 2.24) is 5.32 Å². The van der Waals surface area contributed by atoms with E-state index in [1.807, 2.05) is 30.3 Å². The van der Waals surface area contributed by atoms with Gasteiger partial charge in [-0.3, -0.25) is 9.59 Å². The average molecular weight is 337 g/mol. The summed E-state index contributed by atoms with van der Waals surface area (Å²) in [5, 5.41) is 2.89. The maximum absolute atomic E-state index is 12.5. The highest BCUT2D eigenvalue weighted by atomic mass is 16.5. The number of fused-ring (bicyclic) bond motifs is 3. The fourth-order valence-corrected chi connectivity index (χ4v) is 3.00. The van der Waals surface area contributed by atoms with Gasteiger partial charge in [-0.15, -0.1) is 0 Å². The fraction of sp³-hybridized carbons (Fsp3) is 0.333. The summed E-state index contributed by atoms with van der Waals surface area (Å²) in [7, 11) is 0. The molecule has 0 unspecified atom stereocenters. The molecule has 0 saturated carbocycles. The van der Waals surface area contributed by atoms with Crippen molar-refractivity contribution < 1.29 is 14.3 Å². The van der Waals surface area contributed by atoms with Gasteiger partial charge >= 0.3 is 0 Å². The van der Waals surface area contributed by atoms with Crippen LogP contribution in [0.25, 0.3) is 11.1 Å². The molecular weight excluding hydrogens is 314 g/mol. The summed E-state index contributed by atoms with van der Waals surface area (Å²) < 4.78 is 5.48. The lowest BCUT2D eigenvalue weighted by molar-refractivity contribution is 0.0940. The minimum Gasteiger partial charge on any atom is -0.381 e. The Balaban J connectivity index is 1.58. The zero-order valence-corrected chi connectivity index (χ0v) is 14.5. The van der Waals surface area contributed by atoms with Gasteiger partial charge in [0.1, 0.15) is 0 Å². The Morgan fingerprint density at radius 2 is 1.68 bits per heavy atom. The lowest BCUT2D eigenvalue weighted by Gasteiger charge is -2.07. The number of hydrogen-bond donors (Lipinski definition) is 1. The van der Waals surface area contributed by atoms with Crippen LogP contribution in [0, 0.1) is 0 Å². The van der Waals surface area contributed by atoms with E-state index in [9.17, 15) is 9.59 Å². The summed E-state index contributed by atoms with van der Waals surface area (Å²) in [6.07, 6.45) is 2.97. The Labute approximate surface area is 148 Å². The predicted molar refractivity (Wildman–Crippen MR) is 98.0 cm³/mol. The third kappa shape index (κ3) is 3.80. The second kappa shape index (κ2) is 8.08. The molecule has 0 aromatic heterocycles. The fourth-order valence-electron chi connectivity index (χ4n) is 3.00. The van der Waals surface area contributed by atoms with E-state index in [-0.39, 0.29) is 11.7 Å². The van der Waals surface area contributed by atoms with Gasteiger partial charge in [0, 0.05) is 36.4 Å². The molecule has 1 N–H and O–H groups in total. The standard InChI is InChI=1S/C21H23NO3/c1-2-3-12-25-13-6-11-22-21(24)15-9-10-17-16-7-4-5-8-18(16)20(23)19(17)14-15/h4-5,7-10,14H,2-3,6,11-13H2,1H3,(H,22,24). The molecule has 1 aliphatic carbocycles. The molecular formula is C21H23NO3. The molecule has 130 valence electrons. The quantitative estimate of drug-likeness (QED) is 0.636. The molecule has 4 heteroatoms. The maximum atomic E-state index is 12.5. The molecule has 3 rings (SSSR count). The van der Waals surface area contributed by atoms with Crippen LogP contribution in [0.15, 0.2) is 42.5 Å². The number of unbranched alkanes of at least 4 members (excludes halogenated alkanes) is 1. The van der Waals surface area contributed by atoms with Crippen molar-refractivity contribution in [2.24, 2.45) is 0 Å². The molecule has 1 aliphatic rings. The Kier molecular flexibility index (Phi) is 5.61. The maximum Gasteiger partial charge on any atom is 0.251 e. The number of ether oxygens (including phenoxy) is 1. The normalized spacial score (nSPS) is 12.0. The summed E-state index contributed by atoms with van der Waals surface area (Å²) >= 11 is 0. The van der Waals surface area contributed by atoms with E-state index < -0.39 is 0 Å². The van der Waals surface area contributed by atoms with Crippen LogP contribution in [0.5, 0.6) is 0 Å². The van der Waals surface area contributed by atoms with Crippen LogP contribution in [0.1, 0.15) is 52.5 Å². The monoisotopic (exact) mass is 337 g/mol. The van der Waals surface area contributed by atoms with Gasteiger partial charge in [-0.1, -0.05) is 43.7 Å². The number of hydrogen-bond acceptors (Lipinski definition) is 3. The van der Waals surface area contributed by atoms with Crippen LogP contribution in [0.4, 0.5) is 0 Å². The molecule has 0 fully saturated rings. The van der Waals surface area contributed by atoms with E-state index in [0.29, 0.717) is 29.8 Å². The second-order valence-electron chi connectivity index (χ2n) is 6.21. The predicted octanol–water partition coefficient (Wildman–Crippen LogP) is 3.83. The molecule has 4 nitrogen and oxygen atoms in total. The lowest BCUT2D eigenvalue weighted by atomic mass is 10.0. The van der Waals surface area contributed by atoms with E-state index >= 15 is 0 Å². The van der Waals surface area contributed by atoms with Crippen LogP contribution >= 0.6 is 0 Å². The number of nitrogens with one attached hydrogen (secondary N) is 1. The largest absolute Gasteiger partial charge is 0.381 e. The number of rotatable bonds is 8. The molecule has 0 bridgehead atoms.